The maximum Gasteiger partial charge on any atom is 0.200 e. The van der Waals surface area contributed by atoms with E-state index in [0.29, 0.717) is 5.76 Å². The molecule has 0 amide bonds. The summed E-state index contributed by atoms with van der Waals surface area (Å²) < 4.78 is 5.50. The molecule has 0 radical (unpaired) electrons. The second-order valence-corrected chi connectivity index (χ2v) is 3.82. The molecule has 0 N–H and O–H groups in total. The van der Waals surface area contributed by atoms with E-state index in [-0.39, 0.29) is 11.7 Å². The summed E-state index contributed by atoms with van der Waals surface area (Å²) in [5.41, 5.74) is 0.782. The van der Waals surface area contributed by atoms with Crippen LogP contribution in [0.25, 0.3) is 11.0 Å². The molecular formula is C13H14O2. The van der Waals surface area contributed by atoms with E-state index in [1.165, 1.54) is 0 Å². The van der Waals surface area contributed by atoms with Crippen LogP contribution in [0.15, 0.2) is 34.7 Å². The van der Waals surface area contributed by atoms with Crippen molar-refractivity contribution < 1.29 is 9.21 Å². The first-order valence-corrected chi connectivity index (χ1v) is 5.25. The van der Waals surface area contributed by atoms with Crippen LogP contribution < -0.4 is 0 Å². The minimum Gasteiger partial charge on any atom is -0.453 e. The Balaban J connectivity index is 2.41. The Hall–Kier alpha value is -1.57. The van der Waals surface area contributed by atoms with Gasteiger partial charge in [0.1, 0.15) is 5.58 Å². The smallest absolute Gasteiger partial charge is 0.200 e. The normalized spacial score (nSPS) is 12.9. The van der Waals surface area contributed by atoms with Gasteiger partial charge in [0.25, 0.3) is 0 Å². The topological polar surface area (TPSA) is 30.2 Å². The van der Waals surface area contributed by atoms with Crippen molar-refractivity contribution >= 4 is 16.8 Å². The van der Waals surface area contributed by atoms with Gasteiger partial charge in [-0.1, -0.05) is 32.0 Å². The highest BCUT2D eigenvalue weighted by Crippen LogP contribution is 2.21. The van der Waals surface area contributed by atoms with Gasteiger partial charge in [-0.15, -0.1) is 0 Å². The summed E-state index contributed by atoms with van der Waals surface area (Å²) in [5.74, 6) is 0.602. The average Bonchev–Trinajstić information content (AvgIpc) is 2.70. The molecule has 1 aromatic carbocycles. The molecule has 0 saturated heterocycles. The van der Waals surface area contributed by atoms with Gasteiger partial charge in [-0.2, -0.15) is 0 Å². The van der Waals surface area contributed by atoms with Crippen molar-refractivity contribution in [2.24, 2.45) is 5.92 Å². The molecule has 0 saturated carbocycles. The number of benzene rings is 1. The van der Waals surface area contributed by atoms with Crippen LogP contribution in [-0.4, -0.2) is 5.78 Å². The van der Waals surface area contributed by atoms with Crippen molar-refractivity contribution in [2.75, 3.05) is 0 Å². The molecule has 2 heteroatoms. The summed E-state index contributed by atoms with van der Waals surface area (Å²) in [6, 6.07) is 9.50. The van der Waals surface area contributed by atoms with Gasteiger partial charge in [0.05, 0.1) is 0 Å². The lowest BCUT2D eigenvalue weighted by Gasteiger charge is -2.02. The van der Waals surface area contributed by atoms with Gasteiger partial charge < -0.3 is 4.42 Å². The Morgan fingerprint density at radius 1 is 1.40 bits per heavy atom. The highest BCUT2D eigenvalue weighted by molar-refractivity contribution is 5.98. The zero-order valence-corrected chi connectivity index (χ0v) is 8.99. The van der Waals surface area contributed by atoms with Crippen molar-refractivity contribution in [2.45, 2.75) is 20.3 Å². The summed E-state index contributed by atoms with van der Waals surface area (Å²) in [5, 5.41) is 0.990. The molecule has 1 aromatic heterocycles. The van der Waals surface area contributed by atoms with Crippen molar-refractivity contribution in [1.82, 2.24) is 0 Å². The Morgan fingerprint density at radius 3 is 2.80 bits per heavy atom. The van der Waals surface area contributed by atoms with Crippen LogP contribution in [0.5, 0.6) is 0 Å². The number of hydrogen-bond donors (Lipinski definition) is 0. The lowest BCUT2D eigenvalue weighted by atomic mass is 10.0. The number of carbonyl (C=O) groups is 1. The standard InChI is InChI=1S/C13H14O2/c1-3-9(2)13(14)12-8-10-6-4-5-7-11(10)15-12/h4-9H,3H2,1-2H3/t9-/m0/s1. The molecule has 0 unspecified atom stereocenters. The lowest BCUT2D eigenvalue weighted by molar-refractivity contribution is 0.0901. The number of carbonyl (C=O) groups excluding carboxylic acids is 1. The third kappa shape index (κ3) is 1.80. The van der Waals surface area contributed by atoms with Gasteiger partial charge in [0.2, 0.25) is 5.78 Å². The van der Waals surface area contributed by atoms with Crippen LogP contribution in [0.1, 0.15) is 30.8 Å². The molecule has 0 aliphatic carbocycles. The van der Waals surface area contributed by atoms with Gasteiger partial charge in [0.15, 0.2) is 5.76 Å². The summed E-state index contributed by atoms with van der Waals surface area (Å²) in [6.07, 6.45) is 0.843. The molecule has 2 rings (SSSR count). The number of ketones is 1. The Kier molecular flexibility index (Phi) is 2.58. The molecule has 1 heterocycles. The first-order valence-electron chi connectivity index (χ1n) is 5.25. The average molecular weight is 202 g/mol. The third-order valence-electron chi connectivity index (χ3n) is 2.73. The number of para-hydroxylation sites is 1. The largest absolute Gasteiger partial charge is 0.453 e. The van der Waals surface area contributed by atoms with Crippen LogP contribution in [0, 0.1) is 5.92 Å². The minimum absolute atomic E-state index is 0.0329. The number of rotatable bonds is 3. The van der Waals surface area contributed by atoms with Crippen molar-refractivity contribution in [3.05, 3.63) is 36.1 Å². The van der Waals surface area contributed by atoms with Gasteiger partial charge >= 0.3 is 0 Å². The van der Waals surface area contributed by atoms with E-state index in [2.05, 4.69) is 0 Å². The van der Waals surface area contributed by atoms with E-state index in [1.807, 2.05) is 44.2 Å². The molecular weight excluding hydrogens is 188 g/mol. The Labute approximate surface area is 88.9 Å². The number of hydrogen-bond acceptors (Lipinski definition) is 2. The molecule has 0 fully saturated rings. The Morgan fingerprint density at radius 2 is 2.13 bits per heavy atom. The first kappa shape index (κ1) is 9.97. The van der Waals surface area contributed by atoms with Crippen molar-refractivity contribution in [3.63, 3.8) is 0 Å². The van der Waals surface area contributed by atoms with Gasteiger partial charge in [-0.3, -0.25) is 4.79 Å². The molecule has 1 atom stereocenters. The summed E-state index contributed by atoms with van der Waals surface area (Å²) in [6.45, 7) is 3.93. The molecule has 15 heavy (non-hydrogen) atoms. The van der Waals surface area contributed by atoms with E-state index in [4.69, 9.17) is 4.42 Å². The van der Waals surface area contributed by atoms with E-state index in [1.54, 1.807) is 0 Å². The van der Waals surface area contributed by atoms with Crippen LogP contribution in [-0.2, 0) is 0 Å². The second-order valence-electron chi connectivity index (χ2n) is 3.82. The van der Waals surface area contributed by atoms with Crippen LogP contribution >= 0.6 is 0 Å². The summed E-state index contributed by atoms with van der Waals surface area (Å²) in [4.78, 5) is 11.9. The minimum atomic E-state index is 0.0329. The Bertz CT molecular complexity index is 449. The predicted octanol–water partition coefficient (Wildman–Crippen LogP) is 3.66. The lowest BCUT2D eigenvalue weighted by Crippen LogP contribution is -2.08. The van der Waals surface area contributed by atoms with Gasteiger partial charge in [-0.05, 0) is 18.6 Å². The highest BCUT2D eigenvalue weighted by Gasteiger charge is 2.17. The molecule has 2 nitrogen and oxygen atoms in total. The fourth-order valence-corrected chi connectivity index (χ4v) is 1.53. The molecule has 0 spiro atoms. The maximum atomic E-state index is 11.9. The maximum absolute atomic E-state index is 11.9. The number of fused-ring (bicyclic) bond motifs is 1. The molecule has 0 aliphatic heterocycles. The second kappa shape index (κ2) is 3.89. The summed E-state index contributed by atoms with van der Waals surface area (Å²) >= 11 is 0. The number of furan rings is 1. The fourth-order valence-electron chi connectivity index (χ4n) is 1.53. The highest BCUT2D eigenvalue weighted by atomic mass is 16.3. The van der Waals surface area contributed by atoms with Crippen molar-refractivity contribution in [1.29, 1.82) is 0 Å². The fraction of sp³-hybridized carbons (Fsp3) is 0.308. The van der Waals surface area contributed by atoms with Crippen LogP contribution in [0.3, 0.4) is 0 Å². The predicted molar refractivity (Wildman–Crippen MR) is 60.0 cm³/mol. The third-order valence-corrected chi connectivity index (χ3v) is 2.73. The number of Topliss-reactive ketones (excluding diaryl/α,β-unsaturated/α-hetero) is 1. The monoisotopic (exact) mass is 202 g/mol. The molecule has 0 aliphatic rings. The van der Waals surface area contributed by atoms with Gasteiger partial charge in [0, 0.05) is 11.3 Å². The van der Waals surface area contributed by atoms with Crippen LogP contribution in [0.2, 0.25) is 0 Å². The van der Waals surface area contributed by atoms with E-state index in [9.17, 15) is 4.79 Å². The first-order chi connectivity index (χ1) is 7.22. The quantitative estimate of drug-likeness (QED) is 0.711. The SMILES string of the molecule is CC[C@H](C)C(=O)c1cc2ccccc2o1. The molecule has 2 aromatic rings. The van der Waals surface area contributed by atoms with Crippen LogP contribution in [0.4, 0.5) is 0 Å². The zero-order valence-electron chi connectivity index (χ0n) is 8.99. The molecule has 78 valence electrons. The van der Waals surface area contributed by atoms with E-state index < -0.39 is 0 Å². The van der Waals surface area contributed by atoms with E-state index in [0.717, 1.165) is 17.4 Å². The zero-order chi connectivity index (χ0) is 10.8. The molecule has 0 bridgehead atoms. The van der Waals surface area contributed by atoms with Gasteiger partial charge in [-0.25, -0.2) is 0 Å². The van der Waals surface area contributed by atoms with E-state index >= 15 is 0 Å². The van der Waals surface area contributed by atoms with Crippen molar-refractivity contribution in [3.8, 4) is 0 Å². The summed E-state index contributed by atoms with van der Waals surface area (Å²) in [7, 11) is 0.